The van der Waals surface area contributed by atoms with Crippen LogP contribution in [0.4, 0.5) is 18.9 Å². The Morgan fingerprint density at radius 1 is 1.22 bits per heavy atom. The summed E-state index contributed by atoms with van der Waals surface area (Å²) in [5.41, 5.74) is -0.792. The summed E-state index contributed by atoms with van der Waals surface area (Å²) in [6.07, 6.45) is 1.79. The lowest BCUT2D eigenvalue weighted by Gasteiger charge is -2.45. The minimum Gasteiger partial charge on any atom is -0.479 e. The summed E-state index contributed by atoms with van der Waals surface area (Å²) in [5.74, 6) is -1.08. The zero-order chi connectivity index (χ0) is 23.5. The van der Waals surface area contributed by atoms with Crippen LogP contribution in [0.1, 0.15) is 37.2 Å². The van der Waals surface area contributed by atoms with Crippen LogP contribution >= 0.6 is 11.6 Å². The number of ether oxygens (including phenoxy) is 1. The van der Waals surface area contributed by atoms with E-state index < -0.39 is 34.5 Å². The van der Waals surface area contributed by atoms with Gasteiger partial charge in [-0.15, -0.1) is 19.6 Å². The molecule has 1 aliphatic carbocycles. The van der Waals surface area contributed by atoms with E-state index in [-0.39, 0.29) is 24.4 Å². The number of hydrogen-bond acceptors (Lipinski definition) is 3. The Labute approximate surface area is 187 Å². The first-order valence-corrected chi connectivity index (χ1v) is 10.1. The highest BCUT2D eigenvalue weighted by Crippen LogP contribution is 2.45. The van der Waals surface area contributed by atoms with Crippen molar-refractivity contribution in [3.05, 3.63) is 59.1 Å². The standard InChI is InChI=1S/C23H19ClF3NO4/c1-2-20(29)28(17-10-11-19(18(24)13-17)32-23(25,26)27)22(21(30)31)12-6-9-16(14-22)15-7-4-3-5-8-15/h1,3-5,7-8,10-11,13,16H,6,9,12,14H2,(H,30,31). The Kier molecular flexibility index (Phi) is 6.70. The average molecular weight is 466 g/mol. The van der Waals surface area contributed by atoms with Crippen LogP contribution in [-0.2, 0) is 9.59 Å². The minimum atomic E-state index is -4.96. The van der Waals surface area contributed by atoms with Gasteiger partial charge in [-0.25, -0.2) is 4.79 Å². The smallest absolute Gasteiger partial charge is 0.479 e. The number of carbonyl (C=O) groups excluding carboxylic acids is 1. The molecule has 1 amide bonds. The van der Waals surface area contributed by atoms with Crippen LogP contribution in [0.2, 0.25) is 5.02 Å². The van der Waals surface area contributed by atoms with E-state index in [4.69, 9.17) is 18.0 Å². The van der Waals surface area contributed by atoms with Gasteiger partial charge >= 0.3 is 18.2 Å². The van der Waals surface area contributed by atoms with Gasteiger partial charge in [-0.2, -0.15) is 0 Å². The fourth-order valence-corrected chi connectivity index (χ4v) is 4.43. The number of carboxylic acid groups (broad SMARTS) is 1. The van der Waals surface area contributed by atoms with E-state index in [1.807, 2.05) is 36.3 Å². The van der Waals surface area contributed by atoms with Crippen molar-refractivity contribution in [2.75, 3.05) is 4.90 Å². The van der Waals surface area contributed by atoms with Gasteiger partial charge in [0.1, 0.15) is 11.3 Å². The molecule has 1 fully saturated rings. The molecule has 9 heteroatoms. The van der Waals surface area contributed by atoms with Crippen LogP contribution < -0.4 is 9.64 Å². The topological polar surface area (TPSA) is 66.8 Å². The second kappa shape index (κ2) is 9.13. The number of anilines is 1. The normalized spacial score (nSPS) is 20.8. The molecule has 2 aromatic carbocycles. The van der Waals surface area contributed by atoms with Gasteiger partial charge in [-0.05, 0) is 61.3 Å². The van der Waals surface area contributed by atoms with E-state index >= 15 is 0 Å². The fourth-order valence-electron chi connectivity index (χ4n) is 4.21. The van der Waals surface area contributed by atoms with Gasteiger partial charge < -0.3 is 9.84 Å². The van der Waals surface area contributed by atoms with E-state index in [1.165, 1.54) is 0 Å². The number of aliphatic carboxylic acids is 1. The molecule has 2 aromatic rings. The maximum absolute atomic E-state index is 12.8. The van der Waals surface area contributed by atoms with Crippen molar-refractivity contribution >= 4 is 29.2 Å². The van der Waals surface area contributed by atoms with Crippen molar-refractivity contribution in [3.8, 4) is 18.1 Å². The summed E-state index contributed by atoms with van der Waals surface area (Å²) >= 11 is 5.95. The number of rotatable bonds is 5. The molecule has 1 saturated carbocycles. The summed E-state index contributed by atoms with van der Waals surface area (Å²) in [6.45, 7) is 0. The largest absolute Gasteiger partial charge is 0.573 e. The molecule has 0 spiro atoms. The van der Waals surface area contributed by atoms with Crippen molar-refractivity contribution in [3.63, 3.8) is 0 Å². The van der Waals surface area contributed by atoms with Crippen LogP contribution in [0.3, 0.4) is 0 Å². The summed E-state index contributed by atoms with van der Waals surface area (Å²) in [7, 11) is 0. The summed E-state index contributed by atoms with van der Waals surface area (Å²) in [5, 5.41) is 9.80. The SMILES string of the molecule is C#CC(=O)N(c1ccc(OC(F)(F)F)c(Cl)c1)C1(C(=O)O)CCCC(c2ccccc2)C1. The monoisotopic (exact) mass is 465 g/mol. The zero-order valence-electron chi connectivity index (χ0n) is 16.7. The molecule has 2 atom stereocenters. The molecule has 0 heterocycles. The number of carboxylic acids is 1. The Bertz CT molecular complexity index is 1050. The molecule has 2 unspecified atom stereocenters. The number of benzene rings is 2. The van der Waals surface area contributed by atoms with Gasteiger partial charge in [-0.3, -0.25) is 9.69 Å². The first kappa shape index (κ1) is 23.5. The van der Waals surface area contributed by atoms with Crippen LogP contribution in [0, 0.1) is 12.3 Å². The van der Waals surface area contributed by atoms with E-state index in [9.17, 15) is 27.9 Å². The maximum atomic E-state index is 12.8. The van der Waals surface area contributed by atoms with E-state index in [0.29, 0.717) is 6.42 Å². The number of carbonyl (C=O) groups is 2. The molecule has 32 heavy (non-hydrogen) atoms. The van der Waals surface area contributed by atoms with Gasteiger partial charge in [0, 0.05) is 5.69 Å². The number of halogens is 4. The first-order valence-electron chi connectivity index (χ1n) is 9.72. The van der Waals surface area contributed by atoms with Crippen molar-refractivity contribution in [2.45, 2.75) is 43.5 Å². The van der Waals surface area contributed by atoms with E-state index in [1.54, 1.807) is 0 Å². The fraction of sp³-hybridized carbons (Fsp3) is 0.304. The number of amides is 1. The summed E-state index contributed by atoms with van der Waals surface area (Å²) < 4.78 is 41.6. The molecular formula is C23H19ClF3NO4. The maximum Gasteiger partial charge on any atom is 0.573 e. The lowest BCUT2D eigenvalue weighted by Crippen LogP contribution is -2.59. The second-order valence-corrected chi connectivity index (χ2v) is 7.90. The minimum absolute atomic E-state index is 0.0245. The third kappa shape index (κ3) is 4.83. The van der Waals surface area contributed by atoms with Gasteiger partial charge in [0.2, 0.25) is 0 Å². The Hall–Kier alpha value is -3.18. The molecular weight excluding hydrogens is 447 g/mol. The van der Waals surface area contributed by atoms with Crippen LogP contribution in [0.5, 0.6) is 5.75 Å². The second-order valence-electron chi connectivity index (χ2n) is 7.49. The Morgan fingerprint density at radius 2 is 1.91 bits per heavy atom. The predicted molar refractivity (Wildman–Crippen MR) is 112 cm³/mol. The highest BCUT2D eigenvalue weighted by Gasteiger charge is 2.50. The molecule has 1 N–H and O–H groups in total. The molecule has 0 radical (unpaired) electrons. The first-order chi connectivity index (χ1) is 15.1. The predicted octanol–water partition coefficient (Wildman–Crippen LogP) is 5.39. The molecule has 0 bridgehead atoms. The Balaban J connectivity index is 2.06. The third-order valence-electron chi connectivity index (χ3n) is 5.55. The van der Waals surface area contributed by atoms with Crippen LogP contribution in [0.15, 0.2) is 48.5 Å². The van der Waals surface area contributed by atoms with Gasteiger partial charge in [-0.1, -0.05) is 41.9 Å². The molecule has 0 aromatic heterocycles. The lowest BCUT2D eigenvalue weighted by molar-refractivity contribution is -0.274. The molecule has 0 saturated heterocycles. The highest BCUT2D eigenvalue weighted by atomic mass is 35.5. The van der Waals surface area contributed by atoms with Crippen LogP contribution in [-0.4, -0.2) is 28.9 Å². The van der Waals surface area contributed by atoms with Crippen molar-refractivity contribution < 1.29 is 32.6 Å². The number of nitrogens with zero attached hydrogens (tertiary/aromatic N) is 1. The van der Waals surface area contributed by atoms with E-state index in [2.05, 4.69) is 4.74 Å². The third-order valence-corrected chi connectivity index (χ3v) is 5.85. The quantitative estimate of drug-likeness (QED) is 0.601. The average Bonchev–Trinajstić information content (AvgIpc) is 2.75. The van der Waals surface area contributed by atoms with E-state index in [0.717, 1.165) is 35.1 Å². The number of terminal acetylenes is 1. The highest BCUT2D eigenvalue weighted by molar-refractivity contribution is 6.32. The number of hydrogen-bond donors (Lipinski definition) is 1. The molecule has 0 aliphatic heterocycles. The summed E-state index contributed by atoms with van der Waals surface area (Å²) in [4.78, 5) is 26.3. The molecule has 5 nitrogen and oxygen atoms in total. The van der Waals surface area contributed by atoms with Crippen LogP contribution in [0.25, 0.3) is 0 Å². The molecule has 1 aliphatic rings. The molecule has 168 valence electrons. The van der Waals surface area contributed by atoms with Crippen molar-refractivity contribution in [1.29, 1.82) is 0 Å². The Morgan fingerprint density at radius 3 is 2.47 bits per heavy atom. The summed E-state index contributed by atoms with van der Waals surface area (Å²) in [6, 6.07) is 12.4. The van der Waals surface area contributed by atoms with Gasteiger partial charge in [0.05, 0.1) is 5.02 Å². The van der Waals surface area contributed by atoms with Crippen molar-refractivity contribution in [1.82, 2.24) is 0 Å². The van der Waals surface area contributed by atoms with Crippen molar-refractivity contribution in [2.24, 2.45) is 0 Å². The zero-order valence-corrected chi connectivity index (χ0v) is 17.5. The number of alkyl halides is 3. The lowest BCUT2D eigenvalue weighted by atomic mass is 9.72. The van der Waals surface area contributed by atoms with Gasteiger partial charge in [0.15, 0.2) is 0 Å². The molecule has 3 rings (SSSR count). The van der Waals surface area contributed by atoms with Gasteiger partial charge in [0.25, 0.3) is 0 Å².